The maximum atomic E-state index is 11.9. The van der Waals surface area contributed by atoms with E-state index in [1.165, 1.54) is 6.20 Å². The summed E-state index contributed by atoms with van der Waals surface area (Å²) in [6.45, 7) is 0. The van der Waals surface area contributed by atoms with Gasteiger partial charge in [0, 0.05) is 29.2 Å². The van der Waals surface area contributed by atoms with Gasteiger partial charge >= 0.3 is 0 Å². The number of anilines is 3. The Kier molecular flexibility index (Phi) is 7.40. The summed E-state index contributed by atoms with van der Waals surface area (Å²) >= 11 is 3.37. The van der Waals surface area contributed by atoms with E-state index in [1.54, 1.807) is 12.3 Å². The van der Waals surface area contributed by atoms with Crippen LogP contribution in [0.3, 0.4) is 0 Å². The van der Waals surface area contributed by atoms with E-state index in [4.69, 9.17) is 5.73 Å². The first-order valence-electron chi connectivity index (χ1n) is 8.09. The van der Waals surface area contributed by atoms with Crippen molar-refractivity contribution in [3.05, 3.63) is 47.2 Å². The summed E-state index contributed by atoms with van der Waals surface area (Å²) in [7, 11) is 0. The molecule has 2 amide bonds. The Balaban J connectivity index is 1.60. The van der Waals surface area contributed by atoms with Crippen molar-refractivity contribution < 1.29 is 9.59 Å². The number of amides is 2. The molecule has 0 unspecified atom stereocenters. The molecular weight excluding hydrogens is 384 g/mol. The zero-order chi connectivity index (χ0) is 18.1. The maximum absolute atomic E-state index is 11.9. The van der Waals surface area contributed by atoms with Gasteiger partial charge in [-0.3, -0.25) is 14.6 Å². The number of benzene rings is 1. The molecule has 2 aromatic rings. The van der Waals surface area contributed by atoms with Crippen LogP contribution in [0.2, 0.25) is 0 Å². The molecule has 0 saturated carbocycles. The van der Waals surface area contributed by atoms with Crippen molar-refractivity contribution in [3.63, 3.8) is 0 Å². The molecule has 7 heteroatoms. The SMILES string of the molecule is Nc1ccncc1NC(=O)CCCCCC(=O)Nc1cccc(Br)c1. The molecule has 0 spiro atoms. The number of pyridine rings is 1. The number of nitrogen functional groups attached to an aromatic ring is 1. The summed E-state index contributed by atoms with van der Waals surface area (Å²) in [4.78, 5) is 27.7. The molecule has 0 fully saturated rings. The van der Waals surface area contributed by atoms with Crippen molar-refractivity contribution in [2.24, 2.45) is 0 Å². The van der Waals surface area contributed by atoms with E-state index >= 15 is 0 Å². The van der Waals surface area contributed by atoms with Gasteiger partial charge in [-0.25, -0.2) is 0 Å². The fraction of sp³-hybridized carbons (Fsp3) is 0.278. The number of unbranched alkanes of at least 4 members (excludes halogenated alkanes) is 2. The van der Waals surface area contributed by atoms with Crippen LogP contribution in [-0.4, -0.2) is 16.8 Å². The molecule has 0 aliphatic carbocycles. The van der Waals surface area contributed by atoms with E-state index in [9.17, 15) is 9.59 Å². The Morgan fingerprint density at radius 2 is 1.76 bits per heavy atom. The van der Waals surface area contributed by atoms with Crippen molar-refractivity contribution in [1.82, 2.24) is 4.98 Å². The summed E-state index contributed by atoms with van der Waals surface area (Å²) in [6.07, 6.45) is 6.19. The van der Waals surface area contributed by atoms with Crippen LogP contribution in [0.1, 0.15) is 32.1 Å². The maximum Gasteiger partial charge on any atom is 0.224 e. The number of hydrogen-bond donors (Lipinski definition) is 3. The molecule has 0 saturated heterocycles. The van der Waals surface area contributed by atoms with Crippen LogP contribution in [0, 0.1) is 0 Å². The van der Waals surface area contributed by atoms with Gasteiger partial charge in [-0.2, -0.15) is 0 Å². The van der Waals surface area contributed by atoms with Gasteiger partial charge in [0.2, 0.25) is 11.8 Å². The molecule has 2 rings (SSSR count). The third-order valence-corrected chi connectivity index (χ3v) is 4.04. The number of hydrogen-bond acceptors (Lipinski definition) is 4. The quantitative estimate of drug-likeness (QED) is 0.580. The highest BCUT2D eigenvalue weighted by molar-refractivity contribution is 9.10. The molecule has 0 atom stereocenters. The van der Waals surface area contributed by atoms with E-state index in [-0.39, 0.29) is 11.8 Å². The lowest BCUT2D eigenvalue weighted by atomic mass is 10.1. The van der Waals surface area contributed by atoms with Gasteiger partial charge in [-0.1, -0.05) is 28.4 Å². The molecular formula is C18H21BrN4O2. The first kappa shape index (κ1) is 18.9. The molecule has 0 aliphatic rings. The minimum Gasteiger partial charge on any atom is -0.397 e. The molecule has 0 bridgehead atoms. The first-order valence-corrected chi connectivity index (χ1v) is 8.88. The van der Waals surface area contributed by atoms with Gasteiger partial charge in [0.15, 0.2) is 0 Å². The molecule has 6 nitrogen and oxygen atoms in total. The van der Waals surface area contributed by atoms with Gasteiger partial charge in [-0.15, -0.1) is 0 Å². The number of nitrogens with one attached hydrogen (secondary N) is 2. The third kappa shape index (κ3) is 6.93. The van der Waals surface area contributed by atoms with E-state index in [0.717, 1.165) is 29.4 Å². The topological polar surface area (TPSA) is 97.1 Å². The van der Waals surface area contributed by atoms with E-state index in [0.29, 0.717) is 24.2 Å². The number of nitrogens with zero attached hydrogens (tertiary/aromatic N) is 1. The summed E-state index contributed by atoms with van der Waals surface area (Å²) in [5, 5.41) is 5.59. The predicted octanol–water partition coefficient (Wildman–Crippen LogP) is 3.95. The van der Waals surface area contributed by atoms with E-state index < -0.39 is 0 Å². The van der Waals surface area contributed by atoms with Crippen LogP contribution < -0.4 is 16.4 Å². The Labute approximate surface area is 155 Å². The minimum absolute atomic E-state index is 0.0225. The molecule has 25 heavy (non-hydrogen) atoms. The van der Waals surface area contributed by atoms with Crippen LogP contribution in [0.4, 0.5) is 17.1 Å². The lowest BCUT2D eigenvalue weighted by molar-refractivity contribution is -0.116. The van der Waals surface area contributed by atoms with Gasteiger partial charge in [-0.05, 0) is 37.1 Å². The Morgan fingerprint density at radius 3 is 2.44 bits per heavy atom. The van der Waals surface area contributed by atoms with E-state index in [1.807, 2.05) is 24.3 Å². The summed E-state index contributed by atoms with van der Waals surface area (Å²) in [5.74, 6) is -0.121. The predicted molar refractivity (Wildman–Crippen MR) is 103 cm³/mol. The summed E-state index contributed by atoms with van der Waals surface area (Å²) in [6, 6.07) is 9.11. The highest BCUT2D eigenvalue weighted by Gasteiger charge is 2.06. The van der Waals surface area contributed by atoms with Crippen molar-refractivity contribution in [1.29, 1.82) is 0 Å². The highest BCUT2D eigenvalue weighted by atomic mass is 79.9. The second kappa shape index (κ2) is 9.78. The smallest absolute Gasteiger partial charge is 0.224 e. The number of halogens is 1. The van der Waals surface area contributed by atoms with Gasteiger partial charge in [0.25, 0.3) is 0 Å². The Hall–Kier alpha value is -2.41. The second-order valence-electron chi connectivity index (χ2n) is 5.63. The van der Waals surface area contributed by atoms with Crippen LogP contribution in [0.15, 0.2) is 47.2 Å². The average molecular weight is 405 g/mol. The van der Waals surface area contributed by atoms with Crippen LogP contribution in [-0.2, 0) is 9.59 Å². The zero-order valence-electron chi connectivity index (χ0n) is 13.8. The Bertz CT molecular complexity index is 737. The molecule has 1 aromatic carbocycles. The Morgan fingerprint density at radius 1 is 1.04 bits per heavy atom. The average Bonchev–Trinajstić information content (AvgIpc) is 2.56. The zero-order valence-corrected chi connectivity index (χ0v) is 15.4. The fourth-order valence-electron chi connectivity index (χ4n) is 2.26. The molecule has 132 valence electrons. The van der Waals surface area contributed by atoms with Crippen molar-refractivity contribution in [3.8, 4) is 0 Å². The van der Waals surface area contributed by atoms with Gasteiger partial charge < -0.3 is 16.4 Å². The third-order valence-electron chi connectivity index (χ3n) is 3.54. The molecule has 1 heterocycles. The number of carbonyl (C=O) groups excluding carboxylic acids is 2. The van der Waals surface area contributed by atoms with Crippen LogP contribution >= 0.6 is 15.9 Å². The first-order chi connectivity index (χ1) is 12.0. The normalized spacial score (nSPS) is 10.3. The monoisotopic (exact) mass is 404 g/mol. The fourth-order valence-corrected chi connectivity index (χ4v) is 2.66. The second-order valence-corrected chi connectivity index (χ2v) is 6.55. The van der Waals surface area contributed by atoms with E-state index in [2.05, 4.69) is 31.5 Å². The van der Waals surface area contributed by atoms with Gasteiger partial charge in [0.1, 0.15) is 0 Å². The summed E-state index contributed by atoms with van der Waals surface area (Å²) in [5.41, 5.74) is 7.54. The lowest BCUT2D eigenvalue weighted by Crippen LogP contribution is -2.13. The highest BCUT2D eigenvalue weighted by Crippen LogP contribution is 2.17. The van der Waals surface area contributed by atoms with Gasteiger partial charge in [0.05, 0.1) is 17.6 Å². The number of nitrogens with two attached hydrogens (primary N) is 1. The van der Waals surface area contributed by atoms with Crippen molar-refractivity contribution in [2.45, 2.75) is 32.1 Å². The molecule has 4 N–H and O–H groups in total. The van der Waals surface area contributed by atoms with Crippen LogP contribution in [0.25, 0.3) is 0 Å². The van der Waals surface area contributed by atoms with Crippen LogP contribution in [0.5, 0.6) is 0 Å². The summed E-state index contributed by atoms with van der Waals surface area (Å²) < 4.78 is 0.922. The number of rotatable bonds is 8. The molecule has 0 aliphatic heterocycles. The minimum atomic E-state index is -0.0988. The number of aromatic nitrogens is 1. The largest absolute Gasteiger partial charge is 0.397 e. The van der Waals surface area contributed by atoms with Crippen molar-refractivity contribution >= 4 is 44.8 Å². The van der Waals surface area contributed by atoms with Crippen molar-refractivity contribution in [2.75, 3.05) is 16.4 Å². The molecule has 1 aromatic heterocycles. The molecule has 0 radical (unpaired) electrons. The number of carbonyl (C=O) groups is 2. The standard InChI is InChI=1S/C18H21BrN4O2/c19-13-5-4-6-14(11-13)22-17(24)7-2-1-3-8-18(25)23-16-12-21-10-9-15(16)20/h4-6,9-12H,1-3,7-8H2,(H2,20,21)(H,22,24)(H,23,25). The lowest BCUT2D eigenvalue weighted by Gasteiger charge is -2.07.